The molecule has 41 heavy (non-hydrogen) atoms. The molecule has 0 aliphatic carbocycles. The molecule has 0 amide bonds. The highest BCUT2D eigenvalue weighted by Gasteiger charge is 2.47. The van der Waals surface area contributed by atoms with Crippen LogP contribution in [0.2, 0.25) is 0 Å². The van der Waals surface area contributed by atoms with E-state index in [0.717, 1.165) is 18.2 Å². The van der Waals surface area contributed by atoms with E-state index in [1.54, 1.807) is 0 Å². The standard InChI is InChI=1S/C26H28O15/c27-9-2-1-8(3-10(9)28)14-4-11(29)17-15(40-14)5-12(30)18(21(17)34)25-23(36)22(35)20(33)16(41-25)7-39-26-24(37)19(32)13(31)6-38-26/h1-5,13,16,19-20,22-28,30-37H,6-7H2/t13-,16-,19+,20-,22+,23-,24-,25+,26+/m1/s1. The van der Waals surface area contributed by atoms with E-state index < -0.39 is 101 Å². The van der Waals surface area contributed by atoms with Gasteiger partial charge in [0.25, 0.3) is 0 Å². The summed E-state index contributed by atoms with van der Waals surface area (Å²) in [6.45, 7) is -0.940. The maximum Gasteiger partial charge on any atom is 0.197 e. The van der Waals surface area contributed by atoms with Crippen molar-refractivity contribution in [2.24, 2.45) is 0 Å². The highest BCUT2D eigenvalue weighted by Crippen LogP contribution is 2.45. The van der Waals surface area contributed by atoms with Gasteiger partial charge < -0.3 is 69.7 Å². The normalized spacial score (nSPS) is 32.3. The van der Waals surface area contributed by atoms with Crippen LogP contribution < -0.4 is 5.43 Å². The van der Waals surface area contributed by atoms with Gasteiger partial charge >= 0.3 is 0 Å². The first-order valence-corrected chi connectivity index (χ1v) is 12.4. The summed E-state index contributed by atoms with van der Waals surface area (Å²) in [4.78, 5) is 13.0. The lowest BCUT2D eigenvalue weighted by Crippen LogP contribution is -2.57. The molecule has 5 rings (SSSR count). The van der Waals surface area contributed by atoms with Crippen molar-refractivity contribution in [3.8, 4) is 34.3 Å². The number of hydrogen-bond donors (Lipinski definition) is 10. The number of aromatic hydroxyl groups is 4. The Hall–Kier alpha value is -3.51. The third-order valence-corrected chi connectivity index (χ3v) is 7.15. The molecule has 2 fully saturated rings. The highest BCUT2D eigenvalue weighted by molar-refractivity contribution is 5.88. The molecule has 15 nitrogen and oxygen atoms in total. The molecule has 0 radical (unpaired) electrons. The molecule has 222 valence electrons. The largest absolute Gasteiger partial charge is 0.507 e. The van der Waals surface area contributed by atoms with Gasteiger partial charge in [-0.1, -0.05) is 0 Å². The number of phenols is 4. The van der Waals surface area contributed by atoms with Crippen LogP contribution in [-0.2, 0) is 14.2 Å². The molecule has 0 unspecified atom stereocenters. The first-order valence-electron chi connectivity index (χ1n) is 12.4. The van der Waals surface area contributed by atoms with Gasteiger partial charge in [-0.15, -0.1) is 0 Å². The fourth-order valence-corrected chi connectivity index (χ4v) is 4.85. The van der Waals surface area contributed by atoms with Crippen molar-refractivity contribution in [1.29, 1.82) is 0 Å². The molecule has 1 aromatic heterocycles. The maximum atomic E-state index is 13.0. The minimum atomic E-state index is -1.91. The second-order valence-electron chi connectivity index (χ2n) is 9.86. The zero-order valence-electron chi connectivity index (χ0n) is 21.0. The fraction of sp³-hybridized carbons (Fsp3) is 0.423. The predicted molar refractivity (Wildman–Crippen MR) is 134 cm³/mol. The van der Waals surface area contributed by atoms with E-state index in [1.165, 1.54) is 12.1 Å². The number of hydrogen-bond acceptors (Lipinski definition) is 15. The van der Waals surface area contributed by atoms with Gasteiger partial charge in [0.15, 0.2) is 23.2 Å². The highest BCUT2D eigenvalue weighted by atomic mass is 16.7. The Morgan fingerprint density at radius 3 is 2.24 bits per heavy atom. The van der Waals surface area contributed by atoms with Crippen molar-refractivity contribution in [2.75, 3.05) is 13.2 Å². The van der Waals surface area contributed by atoms with Gasteiger partial charge in [-0.2, -0.15) is 0 Å². The van der Waals surface area contributed by atoms with Gasteiger partial charge in [0.2, 0.25) is 0 Å². The van der Waals surface area contributed by atoms with Crippen molar-refractivity contribution in [2.45, 2.75) is 55.1 Å². The molecule has 0 spiro atoms. The van der Waals surface area contributed by atoms with Crippen LogP contribution in [0.4, 0.5) is 0 Å². The van der Waals surface area contributed by atoms with E-state index in [4.69, 9.17) is 18.6 Å². The summed E-state index contributed by atoms with van der Waals surface area (Å²) in [6.07, 6.45) is -14.7. The third-order valence-electron chi connectivity index (χ3n) is 7.15. The Bertz CT molecular complexity index is 1490. The molecule has 10 N–H and O–H groups in total. The van der Waals surface area contributed by atoms with Gasteiger partial charge in [0, 0.05) is 17.7 Å². The zero-order chi connectivity index (χ0) is 29.7. The van der Waals surface area contributed by atoms with Gasteiger partial charge in [0.1, 0.15) is 77.1 Å². The van der Waals surface area contributed by atoms with Crippen LogP contribution in [0, 0.1) is 0 Å². The van der Waals surface area contributed by atoms with Crippen molar-refractivity contribution in [1.82, 2.24) is 0 Å². The number of fused-ring (bicyclic) bond motifs is 1. The first kappa shape index (κ1) is 29.0. The van der Waals surface area contributed by atoms with Crippen molar-refractivity contribution >= 4 is 11.0 Å². The van der Waals surface area contributed by atoms with E-state index in [9.17, 15) is 55.9 Å². The van der Waals surface area contributed by atoms with E-state index in [0.29, 0.717) is 0 Å². The number of ether oxygens (including phenoxy) is 3. The van der Waals surface area contributed by atoms with Crippen LogP contribution in [-0.4, -0.2) is 113 Å². The quantitative estimate of drug-likeness (QED) is 0.150. The van der Waals surface area contributed by atoms with E-state index in [1.807, 2.05) is 0 Å². The molecule has 2 aromatic carbocycles. The zero-order valence-corrected chi connectivity index (χ0v) is 21.0. The average molecular weight is 580 g/mol. The molecule has 2 aliphatic heterocycles. The van der Waals surface area contributed by atoms with Crippen molar-refractivity contribution in [3.63, 3.8) is 0 Å². The smallest absolute Gasteiger partial charge is 0.197 e. The van der Waals surface area contributed by atoms with Crippen LogP contribution in [0.1, 0.15) is 11.7 Å². The molecule has 9 atom stereocenters. The van der Waals surface area contributed by atoms with Crippen LogP contribution >= 0.6 is 0 Å². The third kappa shape index (κ3) is 5.19. The Morgan fingerprint density at radius 1 is 0.805 bits per heavy atom. The van der Waals surface area contributed by atoms with Gasteiger partial charge in [-0.05, 0) is 18.2 Å². The summed E-state index contributed by atoms with van der Waals surface area (Å²) in [6, 6.07) is 5.61. The molecule has 2 aliphatic rings. The number of phenolic OH excluding ortho intramolecular Hbond substituents is 4. The number of rotatable bonds is 5. The lowest BCUT2D eigenvalue weighted by molar-refractivity contribution is -0.292. The van der Waals surface area contributed by atoms with Gasteiger partial charge in [-0.25, -0.2) is 0 Å². The Morgan fingerprint density at radius 2 is 1.54 bits per heavy atom. The summed E-state index contributed by atoms with van der Waals surface area (Å²) in [5, 5.41) is 102. The second kappa shape index (κ2) is 11.1. The topological polar surface area (TPSA) is 260 Å². The lowest BCUT2D eigenvalue weighted by atomic mass is 9.89. The summed E-state index contributed by atoms with van der Waals surface area (Å²) in [7, 11) is 0. The van der Waals surface area contributed by atoms with E-state index in [2.05, 4.69) is 0 Å². The van der Waals surface area contributed by atoms with Gasteiger partial charge in [-0.3, -0.25) is 4.79 Å². The average Bonchev–Trinajstić information content (AvgIpc) is 2.93. The minimum absolute atomic E-state index is 0.0705. The Kier molecular flexibility index (Phi) is 7.82. The van der Waals surface area contributed by atoms with Crippen LogP contribution in [0.25, 0.3) is 22.3 Å². The summed E-state index contributed by atoms with van der Waals surface area (Å²) < 4.78 is 21.8. The fourth-order valence-electron chi connectivity index (χ4n) is 4.85. The molecule has 2 saturated heterocycles. The van der Waals surface area contributed by atoms with Crippen molar-refractivity contribution < 1.29 is 69.7 Å². The molecule has 0 bridgehead atoms. The number of aliphatic hydroxyl groups excluding tert-OH is 6. The SMILES string of the molecule is O=c1cc(-c2ccc(O)c(O)c2)oc2cc(O)c([C@@H]3O[C@H](CO[C@@H]4OC[C@@H](O)[C@H](O)[C@H]4O)[C@@H](O)[C@H](O)[C@H]3O)c(O)c12. The lowest BCUT2D eigenvalue weighted by Gasteiger charge is -2.42. The molecule has 0 saturated carbocycles. The first-order chi connectivity index (χ1) is 19.4. The Balaban J connectivity index is 1.45. The maximum absolute atomic E-state index is 13.0. The molecule has 3 heterocycles. The molecule has 15 heteroatoms. The van der Waals surface area contributed by atoms with Crippen LogP contribution in [0.15, 0.2) is 39.5 Å². The summed E-state index contributed by atoms with van der Waals surface area (Å²) >= 11 is 0. The van der Waals surface area contributed by atoms with E-state index in [-0.39, 0.29) is 23.5 Å². The number of aliphatic hydroxyl groups is 6. The minimum Gasteiger partial charge on any atom is -0.507 e. The predicted octanol–water partition coefficient (Wildman–Crippen LogP) is -1.74. The monoisotopic (exact) mass is 580 g/mol. The van der Waals surface area contributed by atoms with Crippen molar-refractivity contribution in [3.05, 3.63) is 46.1 Å². The second-order valence-corrected chi connectivity index (χ2v) is 9.86. The molecular formula is C26H28O15. The summed E-state index contributed by atoms with van der Waals surface area (Å²) in [5.41, 5.74) is -1.38. The molecule has 3 aromatic rings. The van der Waals surface area contributed by atoms with Gasteiger partial charge in [0.05, 0.1) is 18.8 Å². The Labute approximate surface area is 229 Å². The van der Waals surface area contributed by atoms with Crippen LogP contribution in [0.5, 0.6) is 23.0 Å². The summed E-state index contributed by atoms with van der Waals surface area (Å²) in [5.74, 6) is -2.51. The number of benzene rings is 2. The molecular weight excluding hydrogens is 552 g/mol. The van der Waals surface area contributed by atoms with E-state index >= 15 is 0 Å². The van der Waals surface area contributed by atoms with Crippen LogP contribution in [0.3, 0.4) is 0 Å².